The molecule has 5 nitrogen and oxygen atoms in total. The van der Waals surface area contributed by atoms with Crippen LogP contribution in [0.4, 0.5) is 11.4 Å². The highest BCUT2D eigenvalue weighted by molar-refractivity contribution is 6.45. The molecule has 0 aliphatic carbocycles. The Morgan fingerprint density at radius 3 is 1.72 bits per heavy atom. The fourth-order valence-electron chi connectivity index (χ4n) is 4.33. The Bertz CT molecular complexity index is 1170. The summed E-state index contributed by atoms with van der Waals surface area (Å²) in [5, 5.41) is 0.587. The number of halogens is 1. The molecule has 1 fully saturated rings. The van der Waals surface area contributed by atoms with E-state index in [1.165, 1.54) is 10.6 Å². The Kier molecular flexibility index (Phi) is 5.41. The minimum absolute atomic E-state index is 0.278. The first-order valence-corrected chi connectivity index (χ1v) is 11.0. The second-order valence-electron chi connectivity index (χ2n) is 7.82. The fourth-order valence-corrected chi connectivity index (χ4v) is 4.45. The summed E-state index contributed by atoms with van der Waals surface area (Å²) in [6.07, 6.45) is 0. The molecule has 3 aromatic rings. The van der Waals surface area contributed by atoms with Gasteiger partial charge in [0.05, 0.1) is 11.3 Å². The van der Waals surface area contributed by atoms with E-state index in [2.05, 4.69) is 17.0 Å². The van der Waals surface area contributed by atoms with Gasteiger partial charge in [-0.2, -0.15) is 0 Å². The van der Waals surface area contributed by atoms with Crippen molar-refractivity contribution in [2.45, 2.75) is 0 Å². The molecule has 0 atom stereocenters. The van der Waals surface area contributed by atoms with E-state index in [1.807, 2.05) is 41.3 Å². The van der Waals surface area contributed by atoms with Crippen molar-refractivity contribution < 1.29 is 9.59 Å². The molecule has 0 N–H and O–H groups in total. The van der Waals surface area contributed by atoms with E-state index in [-0.39, 0.29) is 11.8 Å². The number of rotatable bonds is 4. The van der Waals surface area contributed by atoms with Crippen molar-refractivity contribution in [3.05, 3.63) is 101 Å². The van der Waals surface area contributed by atoms with Crippen LogP contribution in [-0.2, 0) is 9.59 Å². The van der Waals surface area contributed by atoms with E-state index in [0.717, 1.165) is 13.1 Å². The summed E-state index contributed by atoms with van der Waals surface area (Å²) in [4.78, 5) is 32.7. The van der Waals surface area contributed by atoms with Crippen LogP contribution in [0.15, 0.2) is 90.6 Å². The highest BCUT2D eigenvalue weighted by atomic mass is 35.5. The Balaban J connectivity index is 1.50. The number of piperazine rings is 1. The highest BCUT2D eigenvalue weighted by Gasteiger charge is 2.43. The van der Waals surface area contributed by atoms with Gasteiger partial charge in [-0.3, -0.25) is 9.59 Å². The Labute approximate surface area is 192 Å². The molecule has 2 aliphatic rings. The number of nitrogens with zero attached hydrogens (tertiary/aromatic N) is 3. The largest absolute Gasteiger partial charge is 0.368 e. The number of carbonyl (C=O) groups is 2. The summed E-state index contributed by atoms with van der Waals surface area (Å²) in [5.74, 6) is -0.580. The molecule has 0 unspecified atom stereocenters. The molecule has 6 heteroatoms. The maximum Gasteiger partial charge on any atom is 0.282 e. The third-order valence-corrected chi connectivity index (χ3v) is 6.18. The maximum absolute atomic E-state index is 13.6. The topological polar surface area (TPSA) is 43.9 Å². The standard InChI is InChI=1S/C26H22ClN3O2/c27-20-13-11-19(12-14-20)23-24(26(32)30(25(23)31)22-9-5-2-6-10-22)29-17-15-28(16-18-29)21-7-3-1-4-8-21/h1-14H,15-18H2. The number of anilines is 2. The van der Waals surface area contributed by atoms with Gasteiger partial charge in [-0.1, -0.05) is 60.1 Å². The van der Waals surface area contributed by atoms with E-state index in [1.54, 1.807) is 36.4 Å². The number of para-hydroxylation sites is 2. The van der Waals surface area contributed by atoms with Gasteiger partial charge in [0, 0.05) is 36.9 Å². The van der Waals surface area contributed by atoms with Crippen LogP contribution in [-0.4, -0.2) is 42.9 Å². The number of carbonyl (C=O) groups excluding carboxylic acids is 2. The van der Waals surface area contributed by atoms with Crippen LogP contribution in [0.3, 0.4) is 0 Å². The van der Waals surface area contributed by atoms with Gasteiger partial charge in [0.15, 0.2) is 0 Å². The average molecular weight is 444 g/mol. The number of benzene rings is 3. The summed E-state index contributed by atoms with van der Waals surface area (Å²) in [6.45, 7) is 2.86. The number of hydrogen-bond acceptors (Lipinski definition) is 4. The normalized spacial score (nSPS) is 16.8. The lowest BCUT2D eigenvalue weighted by atomic mass is 10.0. The summed E-state index contributed by atoms with van der Waals surface area (Å²) >= 11 is 6.07. The zero-order chi connectivity index (χ0) is 22.1. The third-order valence-electron chi connectivity index (χ3n) is 5.92. The first kappa shape index (κ1) is 20.3. The lowest BCUT2D eigenvalue weighted by molar-refractivity contribution is -0.120. The van der Waals surface area contributed by atoms with Crippen molar-refractivity contribution in [3.63, 3.8) is 0 Å². The van der Waals surface area contributed by atoms with Crippen molar-refractivity contribution in [1.82, 2.24) is 4.90 Å². The molecule has 32 heavy (non-hydrogen) atoms. The predicted octanol–water partition coefficient (Wildman–Crippen LogP) is 4.45. The van der Waals surface area contributed by atoms with Crippen molar-refractivity contribution in [3.8, 4) is 0 Å². The van der Waals surface area contributed by atoms with E-state index in [0.29, 0.717) is 40.6 Å². The van der Waals surface area contributed by atoms with E-state index >= 15 is 0 Å². The van der Waals surface area contributed by atoms with Gasteiger partial charge in [-0.25, -0.2) is 4.90 Å². The van der Waals surface area contributed by atoms with Crippen molar-refractivity contribution in [1.29, 1.82) is 0 Å². The molecule has 5 rings (SSSR count). The molecular formula is C26H22ClN3O2. The Morgan fingerprint density at radius 1 is 0.594 bits per heavy atom. The molecule has 2 heterocycles. The van der Waals surface area contributed by atoms with Gasteiger partial charge in [0.1, 0.15) is 5.70 Å². The Morgan fingerprint density at radius 2 is 1.12 bits per heavy atom. The maximum atomic E-state index is 13.6. The monoisotopic (exact) mass is 443 g/mol. The zero-order valence-electron chi connectivity index (χ0n) is 17.4. The molecular weight excluding hydrogens is 422 g/mol. The molecule has 0 radical (unpaired) electrons. The van der Waals surface area contributed by atoms with Crippen LogP contribution in [0.1, 0.15) is 5.56 Å². The zero-order valence-corrected chi connectivity index (χ0v) is 18.2. The SMILES string of the molecule is O=C1C(c2ccc(Cl)cc2)=C(N2CCN(c3ccccc3)CC2)C(=O)N1c1ccccc1. The second-order valence-corrected chi connectivity index (χ2v) is 8.26. The van der Waals surface area contributed by atoms with E-state index < -0.39 is 0 Å². The summed E-state index contributed by atoms with van der Waals surface area (Å²) in [5.41, 5.74) is 3.34. The first-order chi connectivity index (χ1) is 15.6. The van der Waals surface area contributed by atoms with Crippen LogP contribution in [0, 0.1) is 0 Å². The summed E-state index contributed by atoms with van der Waals surface area (Å²) < 4.78 is 0. The Hall–Kier alpha value is -3.57. The predicted molar refractivity (Wildman–Crippen MR) is 128 cm³/mol. The van der Waals surface area contributed by atoms with Crippen LogP contribution >= 0.6 is 11.6 Å². The molecule has 0 bridgehead atoms. The summed E-state index contributed by atoms with van der Waals surface area (Å²) in [6, 6.07) is 26.4. The molecule has 3 aromatic carbocycles. The lowest BCUT2D eigenvalue weighted by Crippen LogP contribution is -2.47. The molecule has 0 saturated carbocycles. The first-order valence-electron chi connectivity index (χ1n) is 10.6. The average Bonchev–Trinajstić information content (AvgIpc) is 3.10. The van der Waals surface area contributed by atoms with Crippen LogP contribution in [0.5, 0.6) is 0 Å². The van der Waals surface area contributed by atoms with Crippen molar-refractivity contribution >= 4 is 40.4 Å². The lowest BCUT2D eigenvalue weighted by Gasteiger charge is -2.37. The van der Waals surface area contributed by atoms with Gasteiger partial charge in [-0.05, 0) is 42.0 Å². The smallest absolute Gasteiger partial charge is 0.282 e. The van der Waals surface area contributed by atoms with Gasteiger partial charge < -0.3 is 9.80 Å². The molecule has 0 aromatic heterocycles. The van der Waals surface area contributed by atoms with E-state index in [4.69, 9.17) is 11.6 Å². The summed E-state index contributed by atoms with van der Waals surface area (Å²) in [7, 11) is 0. The van der Waals surface area contributed by atoms with Crippen LogP contribution in [0.25, 0.3) is 5.57 Å². The number of hydrogen-bond donors (Lipinski definition) is 0. The second kappa shape index (κ2) is 8.52. The number of imide groups is 1. The molecule has 1 saturated heterocycles. The van der Waals surface area contributed by atoms with E-state index in [9.17, 15) is 9.59 Å². The van der Waals surface area contributed by atoms with Crippen LogP contribution in [0.2, 0.25) is 5.02 Å². The van der Waals surface area contributed by atoms with Gasteiger partial charge in [-0.15, -0.1) is 0 Å². The molecule has 160 valence electrons. The van der Waals surface area contributed by atoms with Gasteiger partial charge >= 0.3 is 0 Å². The minimum atomic E-state index is -0.302. The third kappa shape index (κ3) is 3.65. The van der Waals surface area contributed by atoms with Gasteiger partial charge in [0.2, 0.25) is 0 Å². The fraction of sp³-hybridized carbons (Fsp3) is 0.154. The quantitative estimate of drug-likeness (QED) is 0.559. The van der Waals surface area contributed by atoms with Crippen molar-refractivity contribution in [2.24, 2.45) is 0 Å². The van der Waals surface area contributed by atoms with Crippen LogP contribution < -0.4 is 9.80 Å². The van der Waals surface area contributed by atoms with Crippen molar-refractivity contribution in [2.75, 3.05) is 36.0 Å². The molecule has 0 spiro atoms. The number of amides is 2. The minimum Gasteiger partial charge on any atom is -0.368 e. The molecule has 2 amide bonds. The van der Waals surface area contributed by atoms with Gasteiger partial charge in [0.25, 0.3) is 11.8 Å². The molecule has 2 aliphatic heterocycles. The highest BCUT2D eigenvalue weighted by Crippen LogP contribution is 2.35.